The molecule has 0 spiro atoms. The van der Waals surface area contributed by atoms with Crippen LogP contribution in [0.1, 0.15) is 31.0 Å². The average Bonchev–Trinajstić information content (AvgIpc) is 2.65. The fourth-order valence-corrected chi connectivity index (χ4v) is 3.32. The van der Waals surface area contributed by atoms with Gasteiger partial charge in [-0.2, -0.15) is 0 Å². The molecule has 0 aliphatic carbocycles. The van der Waals surface area contributed by atoms with E-state index in [0.29, 0.717) is 18.9 Å². The lowest BCUT2D eigenvalue weighted by atomic mass is 9.98. The number of benzene rings is 2. The summed E-state index contributed by atoms with van der Waals surface area (Å²) in [5.41, 5.74) is 2.28. The van der Waals surface area contributed by atoms with Crippen LogP contribution in [0.3, 0.4) is 0 Å². The van der Waals surface area contributed by atoms with Crippen LogP contribution >= 0.6 is 0 Å². The molecule has 2 aromatic carbocycles. The minimum atomic E-state index is -0.182. The molecule has 2 atom stereocenters. The first-order chi connectivity index (χ1) is 12.2. The molecule has 0 bridgehead atoms. The molecule has 1 aliphatic heterocycles. The van der Waals surface area contributed by atoms with E-state index in [1.807, 2.05) is 48.2 Å². The molecule has 1 heterocycles. The van der Waals surface area contributed by atoms with E-state index in [1.165, 1.54) is 5.56 Å². The first-order valence-electron chi connectivity index (χ1n) is 8.78. The van der Waals surface area contributed by atoms with Crippen LogP contribution in [-0.4, -0.2) is 35.9 Å². The Morgan fingerprint density at radius 2 is 1.76 bits per heavy atom. The van der Waals surface area contributed by atoms with Gasteiger partial charge in [-0.15, -0.1) is 0 Å². The van der Waals surface area contributed by atoms with Crippen LogP contribution in [0, 0.1) is 0 Å². The molecular weight excluding hydrogens is 312 g/mol. The van der Waals surface area contributed by atoms with Gasteiger partial charge < -0.3 is 9.64 Å². The monoisotopic (exact) mass is 336 g/mol. The number of aliphatic imine (C=N–C) groups is 1. The molecule has 1 aliphatic rings. The van der Waals surface area contributed by atoms with Gasteiger partial charge in [-0.05, 0) is 25.0 Å². The Kier molecular flexibility index (Phi) is 5.49. The molecule has 0 N–H and O–H groups in total. The van der Waals surface area contributed by atoms with Crippen molar-refractivity contribution in [1.82, 2.24) is 4.90 Å². The molecule has 2 aromatic rings. The van der Waals surface area contributed by atoms with Crippen LogP contribution in [0.5, 0.6) is 0 Å². The number of carbonyl (C=O) groups is 1. The molecule has 4 heteroatoms. The summed E-state index contributed by atoms with van der Waals surface area (Å²) >= 11 is 0. The first-order valence-corrected chi connectivity index (χ1v) is 8.78. The number of hydrogen-bond acceptors (Lipinski definition) is 3. The topological polar surface area (TPSA) is 41.9 Å². The van der Waals surface area contributed by atoms with Gasteiger partial charge in [0.25, 0.3) is 0 Å². The smallest absolute Gasteiger partial charge is 0.245 e. The van der Waals surface area contributed by atoms with E-state index >= 15 is 0 Å². The first kappa shape index (κ1) is 17.2. The zero-order valence-corrected chi connectivity index (χ0v) is 14.8. The van der Waals surface area contributed by atoms with E-state index in [0.717, 1.165) is 5.56 Å². The molecule has 25 heavy (non-hydrogen) atoms. The second kappa shape index (κ2) is 7.97. The van der Waals surface area contributed by atoms with Crippen molar-refractivity contribution < 1.29 is 9.53 Å². The Balaban J connectivity index is 1.94. The lowest BCUT2D eigenvalue weighted by Gasteiger charge is -2.39. The predicted molar refractivity (Wildman–Crippen MR) is 99.6 cm³/mol. The van der Waals surface area contributed by atoms with Gasteiger partial charge >= 0.3 is 0 Å². The van der Waals surface area contributed by atoms with E-state index in [9.17, 15) is 4.79 Å². The van der Waals surface area contributed by atoms with Crippen molar-refractivity contribution >= 4 is 11.8 Å². The Bertz CT molecular complexity index is 728. The van der Waals surface area contributed by atoms with Gasteiger partial charge in [0.2, 0.25) is 11.8 Å². The highest BCUT2D eigenvalue weighted by Crippen LogP contribution is 2.27. The highest BCUT2D eigenvalue weighted by atomic mass is 16.5. The van der Waals surface area contributed by atoms with Crippen molar-refractivity contribution in [1.29, 1.82) is 0 Å². The summed E-state index contributed by atoms with van der Waals surface area (Å²) < 4.78 is 5.79. The zero-order chi connectivity index (χ0) is 17.6. The summed E-state index contributed by atoms with van der Waals surface area (Å²) in [6, 6.07) is 20.1. The second-order valence-corrected chi connectivity index (χ2v) is 6.18. The summed E-state index contributed by atoms with van der Waals surface area (Å²) in [4.78, 5) is 19.1. The molecule has 3 rings (SSSR count). The van der Waals surface area contributed by atoms with Crippen LogP contribution in [0.25, 0.3) is 0 Å². The lowest BCUT2D eigenvalue weighted by Crippen LogP contribution is -2.52. The van der Waals surface area contributed by atoms with Crippen LogP contribution in [0.15, 0.2) is 65.7 Å². The van der Waals surface area contributed by atoms with Crippen LogP contribution in [0.4, 0.5) is 0 Å². The Morgan fingerprint density at radius 3 is 2.40 bits per heavy atom. The van der Waals surface area contributed by atoms with Crippen LogP contribution < -0.4 is 0 Å². The van der Waals surface area contributed by atoms with E-state index in [2.05, 4.69) is 36.2 Å². The maximum Gasteiger partial charge on any atom is 0.245 e. The lowest BCUT2D eigenvalue weighted by molar-refractivity contribution is -0.134. The molecular formula is C21H24N2O2. The SMILES string of the molecule is CCOC1=NCC(=O)N([C@@H](C)c2ccccc2)[C@@H]1Cc1ccccc1. The minimum absolute atomic E-state index is 0.0339. The Labute approximate surface area is 149 Å². The molecule has 1 amide bonds. The van der Waals surface area contributed by atoms with Gasteiger partial charge in [0.15, 0.2) is 0 Å². The highest BCUT2D eigenvalue weighted by molar-refractivity contribution is 5.94. The normalized spacial score (nSPS) is 18.6. The molecule has 130 valence electrons. The number of rotatable bonds is 5. The molecule has 0 aromatic heterocycles. The van der Waals surface area contributed by atoms with E-state index in [1.54, 1.807) is 0 Å². The third kappa shape index (κ3) is 3.90. The van der Waals surface area contributed by atoms with Gasteiger partial charge in [0.1, 0.15) is 12.6 Å². The largest absolute Gasteiger partial charge is 0.480 e. The quantitative estimate of drug-likeness (QED) is 0.836. The van der Waals surface area contributed by atoms with Gasteiger partial charge in [-0.3, -0.25) is 4.79 Å². The van der Waals surface area contributed by atoms with Gasteiger partial charge in [0.05, 0.1) is 12.6 Å². The zero-order valence-electron chi connectivity index (χ0n) is 14.8. The molecule has 0 unspecified atom stereocenters. The van der Waals surface area contributed by atoms with Crippen molar-refractivity contribution in [3.05, 3.63) is 71.8 Å². The predicted octanol–water partition coefficient (Wildman–Crippen LogP) is 3.64. The maximum atomic E-state index is 12.7. The standard InChI is InChI=1S/C21H24N2O2/c1-3-25-21-19(14-17-10-6-4-7-11-17)23(20(24)15-22-21)16(2)18-12-8-5-9-13-18/h4-13,16,19H,3,14-15H2,1-2H3/t16-,19+/m0/s1. The third-order valence-electron chi connectivity index (χ3n) is 4.54. The number of amides is 1. The fraction of sp³-hybridized carbons (Fsp3) is 0.333. The Morgan fingerprint density at radius 1 is 1.12 bits per heavy atom. The summed E-state index contributed by atoms with van der Waals surface area (Å²) in [7, 11) is 0. The van der Waals surface area contributed by atoms with Gasteiger partial charge in [0, 0.05) is 6.42 Å². The minimum Gasteiger partial charge on any atom is -0.480 e. The third-order valence-corrected chi connectivity index (χ3v) is 4.54. The van der Waals surface area contributed by atoms with E-state index < -0.39 is 0 Å². The van der Waals surface area contributed by atoms with E-state index in [-0.39, 0.29) is 24.5 Å². The average molecular weight is 336 g/mol. The number of ether oxygens (including phenoxy) is 1. The molecule has 0 saturated carbocycles. The van der Waals surface area contributed by atoms with Crippen molar-refractivity contribution in [3.8, 4) is 0 Å². The number of hydrogen-bond donors (Lipinski definition) is 0. The summed E-state index contributed by atoms with van der Waals surface area (Å²) in [6.07, 6.45) is 0.697. The maximum absolute atomic E-state index is 12.7. The Hall–Kier alpha value is -2.62. The van der Waals surface area contributed by atoms with Gasteiger partial charge in [-0.25, -0.2) is 4.99 Å². The summed E-state index contributed by atoms with van der Waals surface area (Å²) in [6.45, 7) is 4.72. The van der Waals surface area contributed by atoms with Crippen molar-refractivity contribution in [2.45, 2.75) is 32.4 Å². The molecule has 4 nitrogen and oxygen atoms in total. The number of carbonyl (C=O) groups excluding carboxylic acids is 1. The fourth-order valence-electron chi connectivity index (χ4n) is 3.32. The van der Waals surface area contributed by atoms with Crippen LogP contribution in [0.2, 0.25) is 0 Å². The van der Waals surface area contributed by atoms with Crippen molar-refractivity contribution in [3.63, 3.8) is 0 Å². The number of nitrogens with zero attached hydrogens (tertiary/aromatic N) is 2. The molecule has 0 fully saturated rings. The van der Waals surface area contributed by atoms with E-state index in [4.69, 9.17) is 4.74 Å². The van der Waals surface area contributed by atoms with Crippen molar-refractivity contribution in [2.75, 3.05) is 13.2 Å². The highest BCUT2D eigenvalue weighted by Gasteiger charge is 2.36. The van der Waals surface area contributed by atoms with Crippen molar-refractivity contribution in [2.24, 2.45) is 4.99 Å². The molecule has 0 radical (unpaired) electrons. The molecule has 0 saturated heterocycles. The second-order valence-electron chi connectivity index (χ2n) is 6.18. The van der Waals surface area contributed by atoms with Crippen LogP contribution in [-0.2, 0) is 16.0 Å². The summed E-state index contributed by atoms with van der Waals surface area (Å²) in [5, 5.41) is 0. The summed E-state index contributed by atoms with van der Waals surface area (Å²) in [5.74, 6) is 0.703. The van der Waals surface area contributed by atoms with Gasteiger partial charge in [-0.1, -0.05) is 60.7 Å².